The molecule has 5 heteroatoms. The number of hydrogen-bond acceptors (Lipinski definition) is 4. The van der Waals surface area contributed by atoms with E-state index < -0.39 is 0 Å². The Morgan fingerprint density at radius 1 is 1.35 bits per heavy atom. The van der Waals surface area contributed by atoms with Gasteiger partial charge >= 0.3 is 0 Å². The molecule has 0 aliphatic carbocycles. The van der Waals surface area contributed by atoms with Gasteiger partial charge in [-0.3, -0.25) is 14.6 Å². The number of likely N-dealkylation sites (N-methyl/N-ethyl adjacent to an activating group) is 1. The van der Waals surface area contributed by atoms with Crippen LogP contribution in [0.15, 0.2) is 30.7 Å². The van der Waals surface area contributed by atoms with Gasteiger partial charge in [-0.25, -0.2) is 0 Å². The van der Waals surface area contributed by atoms with Crippen LogP contribution in [0.2, 0.25) is 0 Å². The lowest BCUT2D eigenvalue weighted by Gasteiger charge is -2.22. The van der Waals surface area contributed by atoms with Crippen molar-refractivity contribution < 1.29 is 0 Å². The fourth-order valence-corrected chi connectivity index (χ4v) is 3.02. The van der Waals surface area contributed by atoms with Crippen LogP contribution in [-0.2, 0) is 6.54 Å². The Kier molecular flexibility index (Phi) is 3.69. The lowest BCUT2D eigenvalue weighted by Crippen LogP contribution is -2.32. The Balaban J connectivity index is 1.79. The number of likely N-dealkylation sites (tertiary alicyclic amines) is 1. The molecule has 0 amide bonds. The summed E-state index contributed by atoms with van der Waals surface area (Å²) in [5, 5.41) is 4.47. The zero-order chi connectivity index (χ0) is 13.9. The second-order valence-electron chi connectivity index (χ2n) is 5.31. The molecule has 2 N–H and O–H groups in total. The quantitative estimate of drug-likeness (QED) is 0.924. The average Bonchev–Trinajstić information content (AvgIpc) is 3.06. The van der Waals surface area contributed by atoms with Gasteiger partial charge in [0.2, 0.25) is 0 Å². The molecule has 106 valence electrons. The summed E-state index contributed by atoms with van der Waals surface area (Å²) in [5.74, 6) is 0.595. The van der Waals surface area contributed by atoms with E-state index in [0.29, 0.717) is 11.9 Å². The minimum Gasteiger partial charge on any atom is -0.382 e. The van der Waals surface area contributed by atoms with Gasteiger partial charge in [0, 0.05) is 30.2 Å². The number of anilines is 1. The van der Waals surface area contributed by atoms with E-state index in [-0.39, 0.29) is 0 Å². The Morgan fingerprint density at radius 2 is 2.15 bits per heavy atom. The highest BCUT2D eigenvalue weighted by atomic mass is 15.3. The molecule has 1 saturated heterocycles. The first-order valence-corrected chi connectivity index (χ1v) is 7.25. The number of nitrogen functional groups attached to an aromatic ring is 1. The molecule has 2 aromatic rings. The van der Waals surface area contributed by atoms with Crippen molar-refractivity contribution in [2.45, 2.75) is 32.4 Å². The first-order chi connectivity index (χ1) is 9.78. The van der Waals surface area contributed by atoms with Gasteiger partial charge in [-0.15, -0.1) is 0 Å². The first kappa shape index (κ1) is 13.1. The van der Waals surface area contributed by atoms with Gasteiger partial charge in [0.15, 0.2) is 5.82 Å². The van der Waals surface area contributed by atoms with Gasteiger partial charge in [0.05, 0.1) is 6.54 Å². The number of aromatic nitrogens is 3. The van der Waals surface area contributed by atoms with Crippen LogP contribution in [0.1, 0.15) is 19.8 Å². The first-order valence-electron chi connectivity index (χ1n) is 7.25. The maximum atomic E-state index is 6.05. The van der Waals surface area contributed by atoms with Crippen LogP contribution in [0.4, 0.5) is 5.82 Å². The lowest BCUT2D eigenvalue weighted by atomic mass is 10.1. The molecule has 0 aromatic carbocycles. The summed E-state index contributed by atoms with van der Waals surface area (Å²) in [7, 11) is 0. The third kappa shape index (κ3) is 2.54. The summed E-state index contributed by atoms with van der Waals surface area (Å²) in [4.78, 5) is 6.55. The normalized spacial score (nSPS) is 19.6. The Morgan fingerprint density at radius 3 is 2.90 bits per heavy atom. The van der Waals surface area contributed by atoms with Gasteiger partial charge in [0.1, 0.15) is 0 Å². The molecule has 0 saturated carbocycles. The summed E-state index contributed by atoms with van der Waals surface area (Å²) in [6.07, 6.45) is 8.14. The van der Waals surface area contributed by atoms with Gasteiger partial charge < -0.3 is 5.73 Å². The lowest BCUT2D eigenvalue weighted by molar-refractivity contribution is 0.238. The monoisotopic (exact) mass is 271 g/mol. The molecule has 0 spiro atoms. The topological polar surface area (TPSA) is 60.0 Å². The molecule has 3 heterocycles. The van der Waals surface area contributed by atoms with E-state index in [1.807, 2.05) is 16.8 Å². The highest BCUT2D eigenvalue weighted by Gasteiger charge is 2.23. The van der Waals surface area contributed by atoms with E-state index in [4.69, 9.17) is 5.73 Å². The van der Waals surface area contributed by atoms with Crippen molar-refractivity contribution in [3.05, 3.63) is 30.7 Å². The number of nitrogens with zero attached hydrogens (tertiary/aromatic N) is 4. The number of pyridine rings is 1. The fourth-order valence-electron chi connectivity index (χ4n) is 3.02. The van der Waals surface area contributed by atoms with Crippen molar-refractivity contribution in [2.24, 2.45) is 0 Å². The molecule has 0 bridgehead atoms. The van der Waals surface area contributed by atoms with Crippen molar-refractivity contribution in [3.63, 3.8) is 0 Å². The third-order valence-corrected chi connectivity index (χ3v) is 4.08. The smallest absolute Gasteiger partial charge is 0.153 e. The molecule has 5 nitrogen and oxygen atoms in total. The van der Waals surface area contributed by atoms with Crippen LogP contribution in [0.5, 0.6) is 0 Å². The van der Waals surface area contributed by atoms with Crippen LogP contribution >= 0.6 is 0 Å². The van der Waals surface area contributed by atoms with Gasteiger partial charge in [-0.1, -0.05) is 6.92 Å². The fraction of sp³-hybridized carbons (Fsp3) is 0.467. The molecular formula is C15H21N5. The zero-order valence-corrected chi connectivity index (χ0v) is 11.9. The third-order valence-electron chi connectivity index (χ3n) is 4.08. The van der Waals surface area contributed by atoms with Crippen molar-refractivity contribution in [2.75, 3.05) is 18.8 Å². The molecule has 2 aromatic heterocycles. The summed E-state index contributed by atoms with van der Waals surface area (Å²) >= 11 is 0. The molecule has 1 aliphatic rings. The van der Waals surface area contributed by atoms with E-state index >= 15 is 0 Å². The standard InChI is InChI=1S/C15H21N5/c1-2-19-9-3-4-13(19)10-20-11-14(15(16)18-20)12-5-7-17-8-6-12/h5-8,11,13H,2-4,9-10H2,1H3,(H2,16,18). The van der Waals surface area contributed by atoms with Gasteiger partial charge in [0.25, 0.3) is 0 Å². The van der Waals surface area contributed by atoms with Crippen LogP contribution in [0, 0.1) is 0 Å². The minimum atomic E-state index is 0.588. The van der Waals surface area contributed by atoms with Crippen LogP contribution in [0.3, 0.4) is 0 Å². The van der Waals surface area contributed by atoms with Crippen LogP contribution in [0.25, 0.3) is 11.1 Å². The van der Waals surface area contributed by atoms with Crippen molar-refractivity contribution in [1.29, 1.82) is 0 Å². The summed E-state index contributed by atoms with van der Waals surface area (Å²) < 4.78 is 1.99. The minimum absolute atomic E-state index is 0.588. The highest BCUT2D eigenvalue weighted by Crippen LogP contribution is 2.25. The van der Waals surface area contributed by atoms with E-state index in [2.05, 4.69) is 28.1 Å². The van der Waals surface area contributed by atoms with Gasteiger partial charge in [-0.2, -0.15) is 5.10 Å². The highest BCUT2D eigenvalue weighted by molar-refractivity contribution is 5.72. The molecule has 1 unspecified atom stereocenters. The number of hydrogen-bond donors (Lipinski definition) is 1. The number of rotatable bonds is 4. The largest absolute Gasteiger partial charge is 0.382 e. The van der Waals surface area contributed by atoms with Crippen molar-refractivity contribution in [3.8, 4) is 11.1 Å². The van der Waals surface area contributed by atoms with E-state index in [9.17, 15) is 0 Å². The van der Waals surface area contributed by atoms with Crippen LogP contribution < -0.4 is 5.73 Å². The molecule has 1 aliphatic heterocycles. The van der Waals surface area contributed by atoms with E-state index in [0.717, 1.165) is 24.2 Å². The van der Waals surface area contributed by atoms with E-state index in [1.54, 1.807) is 12.4 Å². The Hall–Kier alpha value is -1.88. The predicted octanol–water partition coefficient (Wildman–Crippen LogP) is 2.01. The molecule has 3 rings (SSSR count). The second-order valence-corrected chi connectivity index (χ2v) is 5.31. The summed E-state index contributed by atoms with van der Waals surface area (Å²) in [6, 6.07) is 4.52. The number of nitrogens with two attached hydrogens (primary N) is 1. The Bertz CT molecular complexity index is 563. The average molecular weight is 271 g/mol. The maximum absolute atomic E-state index is 6.05. The molecule has 0 radical (unpaired) electrons. The SMILES string of the molecule is CCN1CCCC1Cn1cc(-c2ccncc2)c(N)n1. The van der Waals surface area contributed by atoms with Crippen LogP contribution in [-0.4, -0.2) is 38.8 Å². The molecule has 20 heavy (non-hydrogen) atoms. The van der Waals surface area contributed by atoms with Crippen molar-refractivity contribution in [1.82, 2.24) is 19.7 Å². The molecule has 1 fully saturated rings. The predicted molar refractivity (Wildman–Crippen MR) is 80.1 cm³/mol. The summed E-state index contributed by atoms with van der Waals surface area (Å²) in [5.41, 5.74) is 8.11. The van der Waals surface area contributed by atoms with Gasteiger partial charge in [-0.05, 0) is 43.6 Å². The molecular weight excluding hydrogens is 250 g/mol. The summed E-state index contributed by atoms with van der Waals surface area (Å²) in [6.45, 7) is 5.45. The second kappa shape index (κ2) is 5.63. The van der Waals surface area contributed by atoms with Crippen molar-refractivity contribution >= 4 is 5.82 Å². The van der Waals surface area contributed by atoms with E-state index in [1.165, 1.54) is 19.4 Å². The zero-order valence-electron chi connectivity index (χ0n) is 11.9. The maximum Gasteiger partial charge on any atom is 0.153 e. The Labute approximate surface area is 119 Å². The molecule has 1 atom stereocenters.